The van der Waals surface area contributed by atoms with Gasteiger partial charge in [0.2, 0.25) is 5.91 Å². The first-order valence-electron chi connectivity index (χ1n) is 5.31. The highest BCUT2D eigenvalue weighted by Gasteiger charge is 2.40. The normalized spacial score (nSPS) is 27.2. The van der Waals surface area contributed by atoms with Crippen molar-refractivity contribution in [3.8, 4) is 0 Å². The van der Waals surface area contributed by atoms with E-state index in [2.05, 4.69) is 0 Å². The molecule has 4 N–H and O–H groups in total. The number of aliphatic carboxylic acids is 1. The standard InChI is InChI=1S/C10H18N2O4/c1-5(2)8(11)9(14)12-4-6(13)3-7(12)10(15)16/h5-8,13H,3-4,11H2,1-2H3,(H,15,16)/t6-,7-,8-/m1/s1. The van der Waals surface area contributed by atoms with Crippen LogP contribution in [-0.2, 0) is 9.59 Å². The van der Waals surface area contributed by atoms with Gasteiger partial charge in [0.25, 0.3) is 0 Å². The second kappa shape index (κ2) is 4.80. The van der Waals surface area contributed by atoms with Crippen LogP contribution in [0.5, 0.6) is 0 Å². The van der Waals surface area contributed by atoms with Gasteiger partial charge in [-0.2, -0.15) is 0 Å². The van der Waals surface area contributed by atoms with E-state index in [1.807, 2.05) is 0 Å². The number of amides is 1. The molecule has 6 nitrogen and oxygen atoms in total. The minimum Gasteiger partial charge on any atom is -0.480 e. The average molecular weight is 230 g/mol. The maximum absolute atomic E-state index is 11.9. The Kier molecular flexibility index (Phi) is 3.88. The molecule has 6 heteroatoms. The van der Waals surface area contributed by atoms with Crippen molar-refractivity contribution in [1.29, 1.82) is 0 Å². The Morgan fingerprint density at radius 1 is 1.44 bits per heavy atom. The molecule has 1 fully saturated rings. The molecule has 0 aliphatic carbocycles. The number of hydrogen-bond acceptors (Lipinski definition) is 4. The summed E-state index contributed by atoms with van der Waals surface area (Å²) in [7, 11) is 0. The summed E-state index contributed by atoms with van der Waals surface area (Å²) in [4.78, 5) is 23.9. The van der Waals surface area contributed by atoms with Crippen molar-refractivity contribution < 1.29 is 19.8 Å². The van der Waals surface area contributed by atoms with Crippen LogP contribution < -0.4 is 5.73 Å². The maximum Gasteiger partial charge on any atom is 0.326 e. The summed E-state index contributed by atoms with van der Waals surface area (Å²) >= 11 is 0. The van der Waals surface area contributed by atoms with Crippen LogP contribution in [-0.4, -0.2) is 51.7 Å². The summed E-state index contributed by atoms with van der Waals surface area (Å²) in [5, 5.41) is 18.3. The van der Waals surface area contributed by atoms with Gasteiger partial charge in [-0.05, 0) is 5.92 Å². The van der Waals surface area contributed by atoms with E-state index in [0.717, 1.165) is 4.90 Å². The molecule has 1 amide bonds. The smallest absolute Gasteiger partial charge is 0.326 e. The zero-order chi connectivity index (χ0) is 12.5. The van der Waals surface area contributed by atoms with Gasteiger partial charge >= 0.3 is 5.97 Å². The molecule has 92 valence electrons. The number of nitrogens with zero attached hydrogens (tertiary/aromatic N) is 1. The lowest BCUT2D eigenvalue weighted by atomic mass is 10.0. The third kappa shape index (κ3) is 2.51. The highest BCUT2D eigenvalue weighted by Crippen LogP contribution is 2.20. The van der Waals surface area contributed by atoms with Crippen LogP contribution in [0.25, 0.3) is 0 Å². The summed E-state index contributed by atoms with van der Waals surface area (Å²) in [6, 6.07) is -1.67. The van der Waals surface area contributed by atoms with Gasteiger partial charge in [-0.3, -0.25) is 4.79 Å². The van der Waals surface area contributed by atoms with Crippen molar-refractivity contribution in [3.63, 3.8) is 0 Å². The molecule has 0 bridgehead atoms. The van der Waals surface area contributed by atoms with Gasteiger partial charge in [0.1, 0.15) is 6.04 Å². The average Bonchev–Trinajstić information content (AvgIpc) is 2.58. The van der Waals surface area contributed by atoms with Gasteiger partial charge in [-0.15, -0.1) is 0 Å². The molecule has 1 heterocycles. The van der Waals surface area contributed by atoms with Crippen LogP contribution >= 0.6 is 0 Å². The largest absolute Gasteiger partial charge is 0.480 e. The molecule has 1 saturated heterocycles. The lowest BCUT2D eigenvalue weighted by Gasteiger charge is -2.26. The fourth-order valence-electron chi connectivity index (χ4n) is 1.77. The number of hydrogen-bond donors (Lipinski definition) is 3. The Labute approximate surface area is 94.0 Å². The quantitative estimate of drug-likeness (QED) is 0.578. The number of aliphatic hydroxyl groups is 1. The minimum atomic E-state index is -1.10. The van der Waals surface area contributed by atoms with Gasteiger partial charge in [-0.25, -0.2) is 4.79 Å². The summed E-state index contributed by atoms with van der Waals surface area (Å²) in [6.45, 7) is 3.64. The van der Waals surface area contributed by atoms with E-state index in [1.165, 1.54) is 0 Å². The zero-order valence-corrected chi connectivity index (χ0v) is 9.46. The van der Waals surface area contributed by atoms with Gasteiger partial charge in [-0.1, -0.05) is 13.8 Å². The number of β-amino-alcohol motifs (C(OH)–C–C–N with tert-alkyl or cyclic N) is 1. The number of aliphatic hydroxyl groups excluding tert-OH is 1. The summed E-state index contributed by atoms with van der Waals surface area (Å²) in [6.07, 6.45) is -0.698. The summed E-state index contributed by atoms with van der Waals surface area (Å²) in [5.41, 5.74) is 5.68. The molecule has 0 saturated carbocycles. The van der Waals surface area contributed by atoms with Crippen LogP contribution in [0.4, 0.5) is 0 Å². The lowest BCUT2D eigenvalue weighted by molar-refractivity contribution is -0.149. The number of likely N-dealkylation sites (tertiary alicyclic amines) is 1. The van der Waals surface area contributed by atoms with Crippen molar-refractivity contribution in [1.82, 2.24) is 4.90 Å². The number of carboxylic acid groups (broad SMARTS) is 1. The number of carboxylic acids is 1. The Morgan fingerprint density at radius 3 is 2.44 bits per heavy atom. The highest BCUT2D eigenvalue weighted by molar-refractivity contribution is 5.87. The van der Waals surface area contributed by atoms with Gasteiger partial charge in [0.15, 0.2) is 0 Å². The molecule has 0 aromatic rings. The first-order chi connectivity index (χ1) is 7.34. The predicted octanol–water partition coefficient (Wildman–Crippen LogP) is -0.984. The molecule has 0 spiro atoms. The van der Waals surface area contributed by atoms with E-state index in [4.69, 9.17) is 10.8 Å². The van der Waals surface area contributed by atoms with Crippen molar-refractivity contribution in [2.75, 3.05) is 6.54 Å². The Hall–Kier alpha value is -1.14. The van der Waals surface area contributed by atoms with Crippen molar-refractivity contribution >= 4 is 11.9 Å². The van der Waals surface area contributed by atoms with E-state index >= 15 is 0 Å². The molecule has 3 atom stereocenters. The first kappa shape index (κ1) is 12.9. The van der Waals surface area contributed by atoms with Crippen LogP contribution in [0.3, 0.4) is 0 Å². The number of rotatable bonds is 3. The highest BCUT2D eigenvalue weighted by atomic mass is 16.4. The van der Waals surface area contributed by atoms with Gasteiger partial charge in [0, 0.05) is 13.0 Å². The van der Waals surface area contributed by atoms with Gasteiger partial charge < -0.3 is 20.8 Å². The van der Waals surface area contributed by atoms with Crippen molar-refractivity contribution in [3.05, 3.63) is 0 Å². The van der Waals surface area contributed by atoms with E-state index in [1.54, 1.807) is 13.8 Å². The minimum absolute atomic E-state index is 0.0518. The first-order valence-corrected chi connectivity index (χ1v) is 5.31. The van der Waals surface area contributed by atoms with E-state index in [0.29, 0.717) is 0 Å². The fraction of sp³-hybridized carbons (Fsp3) is 0.800. The lowest BCUT2D eigenvalue weighted by Crippen LogP contribution is -2.50. The fourth-order valence-corrected chi connectivity index (χ4v) is 1.77. The number of carbonyl (C=O) groups excluding carboxylic acids is 1. The molecule has 0 radical (unpaired) electrons. The molecule has 0 unspecified atom stereocenters. The Morgan fingerprint density at radius 2 is 2.00 bits per heavy atom. The van der Waals surface area contributed by atoms with Crippen LogP contribution in [0, 0.1) is 5.92 Å². The SMILES string of the molecule is CC(C)[C@@H](N)C(=O)N1C[C@H](O)C[C@@H]1C(=O)O. The number of nitrogens with two attached hydrogens (primary N) is 1. The van der Waals surface area contributed by atoms with E-state index in [9.17, 15) is 14.7 Å². The zero-order valence-electron chi connectivity index (χ0n) is 9.46. The molecule has 0 aromatic heterocycles. The molecule has 1 aliphatic rings. The summed E-state index contributed by atoms with van der Waals surface area (Å²) < 4.78 is 0. The predicted molar refractivity (Wildman–Crippen MR) is 56.6 cm³/mol. The number of carbonyl (C=O) groups is 2. The molecule has 1 rings (SSSR count). The van der Waals surface area contributed by atoms with E-state index in [-0.39, 0.29) is 18.9 Å². The van der Waals surface area contributed by atoms with Crippen molar-refractivity contribution in [2.24, 2.45) is 11.7 Å². The third-order valence-electron chi connectivity index (χ3n) is 2.85. The van der Waals surface area contributed by atoms with Gasteiger partial charge in [0.05, 0.1) is 12.1 Å². The third-order valence-corrected chi connectivity index (χ3v) is 2.85. The molecule has 1 aliphatic heterocycles. The van der Waals surface area contributed by atoms with E-state index < -0.39 is 30.1 Å². The van der Waals surface area contributed by atoms with Crippen LogP contribution in [0.2, 0.25) is 0 Å². The maximum atomic E-state index is 11.9. The van der Waals surface area contributed by atoms with Crippen LogP contribution in [0.1, 0.15) is 20.3 Å². The topological polar surface area (TPSA) is 104 Å². The Bertz CT molecular complexity index is 293. The Balaban J connectivity index is 2.78. The molecule has 0 aromatic carbocycles. The molecular weight excluding hydrogens is 212 g/mol. The summed E-state index contributed by atoms with van der Waals surface area (Å²) in [5.74, 6) is -1.56. The van der Waals surface area contributed by atoms with Crippen LogP contribution in [0.15, 0.2) is 0 Å². The molecule has 16 heavy (non-hydrogen) atoms. The second-order valence-electron chi connectivity index (χ2n) is 4.50. The second-order valence-corrected chi connectivity index (χ2v) is 4.50. The molecular formula is C10H18N2O4. The van der Waals surface area contributed by atoms with Crippen molar-refractivity contribution in [2.45, 2.75) is 38.5 Å². The monoisotopic (exact) mass is 230 g/mol.